The van der Waals surface area contributed by atoms with E-state index in [1.165, 1.54) is 0 Å². The van der Waals surface area contributed by atoms with Crippen molar-refractivity contribution >= 4 is 49.7 Å². The second-order valence-corrected chi connectivity index (χ2v) is 8.95. The number of nitrogens with one attached hydrogen (secondary N) is 2. The minimum atomic E-state index is -3.95. The summed E-state index contributed by atoms with van der Waals surface area (Å²) in [6.07, 6.45) is 0. The Bertz CT molecular complexity index is 1150. The van der Waals surface area contributed by atoms with E-state index in [-0.39, 0.29) is 14.9 Å². The predicted octanol–water partition coefficient (Wildman–Crippen LogP) is 4.61. The van der Waals surface area contributed by atoms with Gasteiger partial charge < -0.3 is 5.32 Å². The van der Waals surface area contributed by atoms with Gasteiger partial charge in [0, 0.05) is 10.7 Å². The van der Waals surface area contributed by atoms with Gasteiger partial charge in [-0.25, -0.2) is 17.8 Å². The highest BCUT2D eigenvalue weighted by Gasteiger charge is 2.21. The van der Waals surface area contributed by atoms with Crippen LogP contribution in [0, 0.1) is 19.7 Å². The molecule has 0 unspecified atom stereocenters. The van der Waals surface area contributed by atoms with Crippen LogP contribution >= 0.6 is 22.9 Å². The van der Waals surface area contributed by atoms with Gasteiger partial charge in [-0.15, -0.1) is 0 Å². The van der Waals surface area contributed by atoms with Crippen molar-refractivity contribution in [2.24, 2.45) is 0 Å². The summed E-state index contributed by atoms with van der Waals surface area (Å²) in [5, 5.41) is 3.31. The third-order valence-corrected chi connectivity index (χ3v) is 6.83. The Labute approximate surface area is 170 Å². The normalized spacial score (nSPS) is 11.3. The first-order valence-corrected chi connectivity index (χ1v) is 10.7. The van der Waals surface area contributed by atoms with Gasteiger partial charge in [0.2, 0.25) is 0 Å². The highest BCUT2D eigenvalue weighted by molar-refractivity contribution is 7.93. The summed E-state index contributed by atoms with van der Waals surface area (Å²) in [4.78, 5) is 16.8. The van der Waals surface area contributed by atoms with Crippen LogP contribution in [-0.2, 0) is 10.0 Å². The maximum atomic E-state index is 13.0. The lowest BCUT2D eigenvalue weighted by molar-refractivity contribution is 0.102. The highest BCUT2D eigenvalue weighted by Crippen LogP contribution is 2.28. The van der Waals surface area contributed by atoms with Gasteiger partial charge in [0.25, 0.3) is 15.9 Å². The molecule has 28 heavy (non-hydrogen) atoms. The summed E-state index contributed by atoms with van der Waals surface area (Å²) in [6, 6.07) is 9.54. The number of aryl methyl sites for hydroxylation is 1. The van der Waals surface area contributed by atoms with Crippen molar-refractivity contribution in [1.82, 2.24) is 4.98 Å². The topological polar surface area (TPSA) is 88.2 Å². The van der Waals surface area contributed by atoms with E-state index in [0.29, 0.717) is 16.4 Å². The number of sulfonamides is 1. The van der Waals surface area contributed by atoms with Gasteiger partial charge >= 0.3 is 0 Å². The van der Waals surface area contributed by atoms with Crippen LogP contribution in [0.25, 0.3) is 0 Å². The molecule has 2 aromatic carbocycles. The third kappa shape index (κ3) is 4.32. The number of thiazole rings is 1. The molecule has 1 amide bonds. The number of halogens is 2. The number of aromatic nitrogens is 1. The van der Waals surface area contributed by atoms with Gasteiger partial charge in [-0.3, -0.25) is 9.52 Å². The summed E-state index contributed by atoms with van der Waals surface area (Å²) in [7, 11) is -3.95. The van der Waals surface area contributed by atoms with Crippen molar-refractivity contribution in [3.05, 3.63) is 69.4 Å². The molecule has 6 nitrogen and oxygen atoms in total. The molecule has 0 radical (unpaired) electrons. The van der Waals surface area contributed by atoms with Gasteiger partial charge in [-0.05, 0) is 55.8 Å². The standard InChI is InChI=1S/C18H15ClFN3O3S2/c1-10-14(19)4-3-5-15(10)22-17(24)16-11(2)21-18(27-16)23-28(25,26)13-8-6-12(20)7-9-13/h3-9H,1-2H3,(H,21,23)(H,22,24). The number of carbonyl (C=O) groups is 1. The number of carbonyl (C=O) groups excluding carboxylic acids is 1. The second-order valence-electron chi connectivity index (χ2n) is 5.86. The maximum Gasteiger partial charge on any atom is 0.267 e. The number of amides is 1. The first-order chi connectivity index (χ1) is 13.2. The van der Waals surface area contributed by atoms with E-state index >= 15 is 0 Å². The zero-order valence-corrected chi connectivity index (χ0v) is 17.2. The Morgan fingerprint density at radius 3 is 2.50 bits per heavy atom. The molecule has 146 valence electrons. The van der Waals surface area contributed by atoms with Gasteiger partial charge in [-0.1, -0.05) is 29.0 Å². The minimum Gasteiger partial charge on any atom is -0.321 e. The zero-order chi connectivity index (χ0) is 20.5. The van der Waals surface area contributed by atoms with Crippen LogP contribution in [0.1, 0.15) is 20.9 Å². The lowest BCUT2D eigenvalue weighted by Gasteiger charge is -2.08. The SMILES string of the molecule is Cc1nc(NS(=O)(=O)c2ccc(F)cc2)sc1C(=O)Nc1cccc(Cl)c1C. The van der Waals surface area contributed by atoms with Crippen LogP contribution in [0.5, 0.6) is 0 Å². The molecule has 10 heteroatoms. The van der Waals surface area contributed by atoms with Crippen molar-refractivity contribution in [3.8, 4) is 0 Å². The number of rotatable bonds is 5. The molecule has 2 N–H and O–H groups in total. The number of hydrogen-bond acceptors (Lipinski definition) is 5. The van der Waals surface area contributed by atoms with Gasteiger partial charge in [0.05, 0.1) is 10.6 Å². The van der Waals surface area contributed by atoms with Crippen molar-refractivity contribution in [1.29, 1.82) is 0 Å². The number of benzene rings is 2. The van der Waals surface area contributed by atoms with E-state index in [2.05, 4.69) is 15.0 Å². The predicted molar refractivity (Wildman–Crippen MR) is 108 cm³/mol. The quantitative estimate of drug-likeness (QED) is 0.607. The number of nitrogens with zero attached hydrogens (tertiary/aromatic N) is 1. The molecule has 0 atom stereocenters. The average Bonchev–Trinajstić information content (AvgIpc) is 2.99. The summed E-state index contributed by atoms with van der Waals surface area (Å²) < 4.78 is 40.1. The van der Waals surface area contributed by atoms with Crippen LogP contribution in [0.4, 0.5) is 15.2 Å². The molecule has 1 aromatic heterocycles. The zero-order valence-electron chi connectivity index (χ0n) is 14.8. The average molecular weight is 440 g/mol. The Hall–Kier alpha value is -2.49. The molecule has 0 bridgehead atoms. The molecule has 3 rings (SSSR count). The molecule has 0 aliphatic rings. The fraction of sp³-hybridized carbons (Fsp3) is 0.111. The Balaban J connectivity index is 1.82. The Morgan fingerprint density at radius 1 is 1.14 bits per heavy atom. The van der Waals surface area contributed by atoms with Crippen LogP contribution < -0.4 is 10.0 Å². The minimum absolute atomic E-state index is 0.0368. The molecule has 0 saturated carbocycles. The van der Waals surface area contributed by atoms with Crippen molar-refractivity contribution in [3.63, 3.8) is 0 Å². The summed E-state index contributed by atoms with van der Waals surface area (Å²) in [5.41, 5.74) is 1.65. The molecule has 0 aliphatic heterocycles. The highest BCUT2D eigenvalue weighted by atomic mass is 35.5. The Kier molecular flexibility index (Phi) is 5.69. The molecule has 3 aromatic rings. The lowest BCUT2D eigenvalue weighted by atomic mass is 10.2. The van der Waals surface area contributed by atoms with E-state index in [0.717, 1.165) is 41.2 Å². The van der Waals surface area contributed by atoms with E-state index < -0.39 is 21.7 Å². The summed E-state index contributed by atoms with van der Waals surface area (Å²) in [6.45, 7) is 3.38. The Morgan fingerprint density at radius 2 is 1.82 bits per heavy atom. The number of hydrogen-bond donors (Lipinski definition) is 2. The van der Waals surface area contributed by atoms with Crippen molar-refractivity contribution in [2.75, 3.05) is 10.0 Å². The van der Waals surface area contributed by atoms with Crippen LogP contribution in [0.15, 0.2) is 47.4 Å². The van der Waals surface area contributed by atoms with E-state index in [9.17, 15) is 17.6 Å². The van der Waals surface area contributed by atoms with E-state index in [1.807, 2.05) is 0 Å². The maximum absolute atomic E-state index is 13.0. The first-order valence-electron chi connectivity index (χ1n) is 7.99. The number of anilines is 2. The molecule has 0 spiro atoms. The molecular weight excluding hydrogens is 425 g/mol. The molecule has 0 aliphatic carbocycles. The van der Waals surface area contributed by atoms with E-state index in [4.69, 9.17) is 11.6 Å². The van der Waals surface area contributed by atoms with Crippen LogP contribution in [0.2, 0.25) is 5.02 Å². The summed E-state index contributed by atoms with van der Waals surface area (Å²) in [5.74, 6) is -0.966. The second kappa shape index (κ2) is 7.86. The fourth-order valence-electron chi connectivity index (χ4n) is 2.36. The van der Waals surface area contributed by atoms with Crippen molar-refractivity contribution in [2.45, 2.75) is 18.7 Å². The monoisotopic (exact) mass is 439 g/mol. The van der Waals surface area contributed by atoms with Gasteiger partial charge in [0.15, 0.2) is 5.13 Å². The first kappa shape index (κ1) is 20.2. The van der Waals surface area contributed by atoms with Crippen molar-refractivity contribution < 1.29 is 17.6 Å². The largest absolute Gasteiger partial charge is 0.321 e. The van der Waals surface area contributed by atoms with Crippen LogP contribution in [0.3, 0.4) is 0 Å². The fourth-order valence-corrected chi connectivity index (χ4v) is 4.63. The lowest BCUT2D eigenvalue weighted by Crippen LogP contribution is -2.12. The van der Waals surface area contributed by atoms with E-state index in [1.54, 1.807) is 32.0 Å². The smallest absolute Gasteiger partial charge is 0.267 e. The molecule has 0 saturated heterocycles. The van der Waals surface area contributed by atoms with Gasteiger partial charge in [0.1, 0.15) is 10.7 Å². The van der Waals surface area contributed by atoms with Crippen LogP contribution in [-0.4, -0.2) is 19.3 Å². The molecular formula is C18H15ClFN3O3S2. The molecule has 1 heterocycles. The molecule has 0 fully saturated rings. The summed E-state index contributed by atoms with van der Waals surface area (Å²) >= 11 is 6.96. The third-order valence-electron chi connectivity index (χ3n) is 3.86. The van der Waals surface area contributed by atoms with Gasteiger partial charge in [-0.2, -0.15) is 0 Å².